The number of aromatic carboxylic acids is 1. The number of aromatic nitrogens is 3. The van der Waals surface area contributed by atoms with Crippen LogP contribution in [0.5, 0.6) is 0 Å². The van der Waals surface area contributed by atoms with E-state index in [4.69, 9.17) is 0 Å². The lowest BCUT2D eigenvalue weighted by molar-refractivity contribution is 0.0696. The van der Waals surface area contributed by atoms with Gasteiger partial charge in [0.15, 0.2) is 23.6 Å². The number of carbonyl (C=O) groups is 4. The Bertz CT molecular complexity index is 1630. The molecule has 0 saturated heterocycles. The van der Waals surface area contributed by atoms with Crippen molar-refractivity contribution in [2.24, 2.45) is 0 Å². The van der Waals surface area contributed by atoms with Crippen molar-refractivity contribution in [3.8, 4) is 0 Å². The quantitative estimate of drug-likeness (QED) is 0.319. The molecule has 10 nitrogen and oxygen atoms in total. The summed E-state index contributed by atoms with van der Waals surface area (Å²) in [5, 5.41) is 18.7. The topological polar surface area (TPSA) is 143 Å². The summed E-state index contributed by atoms with van der Waals surface area (Å²) in [4.78, 5) is 53.1. The van der Waals surface area contributed by atoms with Gasteiger partial charge in [-0.25, -0.2) is 23.1 Å². The molecule has 1 unspecified atom stereocenters. The van der Waals surface area contributed by atoms with Crippen molar-refractivity contribution in [2.75, 3.05) is 0 Å². The van der Waals surface area contributed by atoms with Crippen LogP contribution < -0.4 is 10.6 Å². The van der Waals surface area contributed by atoms with Crippen molar-refractivity contribution >= 4 is 29.7 Å². The summed E-state index contributed by atoms with van der Waals surface area (Å²) in [5.74, 6) is -4.42. The summed E-state index contributed by atoms with van der Waals surface area (Å²) in [6, 6.07) is 8.72. The van der Waals surface area contributed by atoms with Crippen molar-refractivity contribution < 1.29 is 33.1 Å². The van der Waals surface area contributed by atoms with Gasteiger partial charge in [0, 0.05) is 12.6 Å². The Kier molecular flexibility index (Phi) is 6.37. The Labute approximate surface area is 213 Å². The van der Waals surface area contributed by atoms with Crippen LogP contribution in [-0.2, 0) is 13.0 Å². The molecule has 2 aromatic carbocycles. The van der Waals surface area contributed by atoms with E-state index in [9.17, 15) is 33.1 Å². The molecule has 0 saturated carbocycles. The Morgan fingerprint density at radius 3 is 2.63 bits per heavy atom. The normalized spacial score (nSPS) is 14.2. The third-order valence-electron chi connectivity index (χ3n) is 6.30. The van der Waals surface area contributed by atoms with Gasteiger partial charge in [-0.05, 0) is 53.8 Å². The smallest absolute Gasteiger partial charge is 0.335 e. The van der Waals surface area contributed by atoms with Gasteiger partial charge in [0.1, 0.15) is 11.4 Å². The molecule has 3 N–H and O–H groups in total. The standard InChI is InChI=1S/C26H19F2N5O5/c27-18-5-1-13(7-19(18)28)10-29-24(35)21-9-22(33-23(31-21)16(12-34)11-30-33)25(36)32-20-6-3-14-8-15(26(37)38)2-4-17(14)20/h1-2,4-5,7-9,11-12,20H,3,6,10H2,(H,29,35)(H,32,36)(H,37,38). The first kappa shape index (κ1) is 24.7. The Balaban J connectivity index is 1.42. The summed E-state index contributed by atoms with van der Waals surface area (Å²) in [6.07, 6.45) is 2.82. The second-order valence-corrected chi connectivity index (χ2v) is 8.69. The number of nitrogens with zero attached hydrogens (tertiary/aromatic N) is 3. The van der Waals surface area contributed by atoms with Crippen molar-refractivity contribution in [2.45, 2.75) is 25.4 Å². The molecule has 2 heterocycles. The summed E-state index contributed by atoms with van der Waals surface area (Å²) >= 11 is 0. The summed E-state index contributed by atoms with van der Waals surface area (Å²) in [5.41, 5.74) is 1.86. The van der Waals surface area contributed by atoms with Crippen molar-refractivity contribution in [1.29, 1.82) is 0 Å². The van der Waals surface area contributed by atoms with Gasteiger partial charge in [-0.2, -0.15) is 5.10 Å². The fraction of sp³-hybridized carbons (Fsp3) is 0.154. The van der Waals surface area contributed by atoms with E-state index in [-0.39, 0.29) is 34.7 Å². The van der Waals surface area contributed by atoms with E-state index in [1.807, 2.05) is 0 Å². The van der Waals surface area contributed by atoms with Crippen molar-refractivity contribution in [3.63, 3.8) is 0 Å². The maximum atomic E-state index is 13.5. The molecule has 1 atom stereocenters. The number of rotatable bonds is 7. The molecule has 5 rings (SSSR count). The van der Waals surface area contributed by atoms with E-state index in [2.05, 4.69) is 20.7 Å². The highest BCUT2D eigenvalue weighted by Gasteiger charge is 2.27. The second kappa shape index (κ2) is 9.81. The minimum Gasteiger partial charge on any atom is -0.478 e. The van der Waals surface area contributed by atoms with Gasteiger partial charge in [0.25, 0.3) is 11.8 Å². The van der Waals surface area contributed by atoms with E-state index in [1.54, 1.807) is 12.1 Å². The van der Waals surface area contributed by atoms with Crippen LogP contribution >= 0.6 is 0 Å². The fourth-order valence-electron chi connectivity index (χ4n) is 4.40. The average Bonchev–Trinajstić information content (AvgIpc) is 3.51. The number of nitrogens with one attached hydrogen (secondary N) is 2. The number of aryl methyl sites for hydroxylation is 1. The van der Waals surface area contributed by atoms with Crippen LogP contribution in [0.1, 0.15) is 70.8 Å². The first-order valence-electron chi connectivity index (χ1n) is 11.5. The first-order valence-corrected chi connectivity index (χ1v) is 11.5. The Morgan fingerprint density at radius 2 is 1.89 bits per heavy atom. The molecule has 1 aliphatic rings. The molecule has 0 fully saturated rings. The highest BCUT2D eigenvalue weighted by Crippen LogP contribution is 2.32. The molecule has 0 radical (unpaired) electrons. The first-order chi connectivity index (χ1) is 18.2. The zero-order chi connectivity index (χ0) is 27.0. The number of carboxylic acid groups (broad SMARTS) is 1. The number of carbonyl (C=O) groups excluding carboxylic acids is 3. The van der Waals surface area contributed by atoms with Gasteiger partial charge in [0.05, 0.1) is 23.4 Å². The van der Waals surface area contributed by atoms with Gasteiger partial charge in [-0.1, -0.05) is 12.1 Å². The molecule has 2 amide bonds. The Morgan fingerprint density at radius 1 is 1.08 bits per heavy atom. The van der Waals surface area contributed by atoms with Crippen LogP contribution in [0.4, 0.5) is 8.78 Å². The minimum absolute atomic E-state index is 0.0106. The summed E-state index contributed by atoms with van der Waals surface area (Å²) in [6.45, 7) is -0.137. The van der Waals surface area contributed by atoms with Gasteiger partial charge < -0.3 is 15.7 Å². The number of fused-ring (bicyclic) bond motifs is 2. The lowest BCUT2D eigenvalue weighted by Crippen LogP contribution is -2.30. The zero-order valence-corrected chi connectivity index (χ0v) is 19.6. The van der Waals surface area contributed by atoms with Crippen LogP contribution in [0.2, 0.25) is 0 Å². The van der Waals surface area contributed by atoms with Gasteiger partial charge in [-0.3, -0.25) is 14.4 Å². The van der Waals surface area contributed by atoms with Crippen molar-refractivity contribution in [3.05, 3.63) is 99.5 Å². The molecule has 12 heteroatoms. The van der Waals surface area contributed by atoms with E-state index < -0.39 is 35.5 Å². The predicted molar refractivity (Wildman–Crippen MR) is 128 cm³/mol. The monoisotopic (exact) mass is 519 g/mol. The Hall–Kier alpha value is -5.00. The molecule has 2 aromatic heterocycles. The van der Waals surface area contributed by atoms with E-state index >= 15 is 0 Å². The number of benzene rings is 2. The number of carboxylic acids is 1. The van der Waals surface area contributed by atoms with Gasteiger partial charge in [0.2, 0.25) is 0 Å². The number of aldehydes is 1. The predicted octanol–water partition coefficient (Wildman–Crippen LogP) is 2.87. The molecule has 38 heavy (non-hydrogen) atoms. The third kappa shape index (κ3) is 4.59. The maximum absolute atomic E-state index is 13.5. The molecule has 1 aliphatic carbocycles. The number of amides is 2. The lowest BCUT2D eigenvalue weighted by atomic mass is 10.0. The molecule has 0 spiro atoms. The average molecular weight is 519 g/mol. The van der Waals surface area contributed by atoms with Crippen LogP contribution in [-0.4, -0.2) is 43.8 Å². The summed E-state index contributed by atoms with van der Waals surface area (Å²) < 4.78 is 27.8. The molecule has 192 valence electrons. The molecule has 4 aromatic rings. The third-order valence-corrected chi connectivity index (χ3v) is 6.30. The zero-order valence-electron chi connectivity index (χ0n) is 19.6. The number of hydrogen-bond acceptors (Lipinski definition) is 6. The fourth-order valence-corrected chi connectivity index (χ4v) is 4.40. The summed E-state index contributed by atoms with van der Waals surface area (Å²) in [7, 11) is 0. The van der Waals surface area contributed by atoms with E-state index in [0.717, 1.165) is 27.8 Å². The molecule has 0 aliphatic heterocycles. The highest BCUT2D eigenvalue weighted by atomic mass is 19.2. The SMILES string of the molecule is O=Cc1cnn2c(C(=O)NC3CCc4cc(C(=O)O)ccc43)cc(C(=O)NCc3ccc(F)c(F)c3)nc12. The molecular weight excluding hydrogens is 500 g/mol. The van der Waals surface area contributed by atoms with Crippen LogP contribution in [0.25, 0.3) is 5.65 Å². The lowest BCUT2D eigenvalue weighted by Gasteiger charge is -2.15. The van der Waals surface area contributed by atoms with Crippen molar-refractivity contribution in [1.82, 2.24) is 25.2 Å². The molecule has 0 bridgehead atoms. The van der Waals surface area contributed by atoms with Crippen LogP contribution in [0.3, 0.4) is 0 Å². The maximum Gasteiger partial charge on any atom is 0.335 e. The molecular formula is C26H19F2N5O5. The van der Waals surface area contributed by atoms with E-state index in [1.165, 1.54) is 24.4 Å². The minimum atomic E-state index is -1.06. The highest BCUT2D eigenvalue weighted by molar-refractivity contribution is 5.99. The van der Waals surface area contributed by atoms with Crippen LogP contribution in [0.15, 0.2) is 48.7 Å². The number of halogens is 2. The van der Waals surface area contributed by atoms with Gasteiger partial charge >= 0.3 is 5.97 Å². The second-order valence-electron chi connectivity index (χ2n) is 8.69. The van der Waals surface area contributed by atoms with Gasteiger partial charge in [-0.15, -0.1) is 0 Å². The van der Waals surface area contributed by atoms with Crippen LogP contribution in [0, 0.1) is 11.6 Å². The largest absolute Gasteiger partial charge is 0.478 e. The number of hydrogen-bond donors (Lipinski definition) is 3. The van der Waals surface area contributed by atoms with E-state index in [0.29, 0.717) is 24.7 Å².